The lowest BCUT2D eigenvalue weighted by Gasteiger charge is -2.37. The predicted octanol–water partition coefficient (Wildman–Crippen LogP) is 4.23. The van der Waals surface area contributed by atoms with Gasteiger partial charge in [-0.3, -0.25) is 19.3 Å². The highest BCUT2D eigenvalue weighted by molar-refractivity contribution is 9.10. The Morgan fingerprint density at radius 1 is 0.906 bits per heavy atom. The number of amides is 3. The first-order chi connectivity index (χ1) is 15.5. The number of imide groups is 1. The summed E-state index contributed by atoms with van der Waals surface area (Å²) in [5, 5.41) is 2.78. The van der Waals surface area contributed by atoms with E-state index in [-0.39, 0.29) is 47.9 Å². The molecule has 1 heterocycles. The molecule has 32 heavy (non-hydrogen) atoms. The largest absolute Gasteiger partial charge is 0.457 e. The topological polar surface area (TPSA) is 75.7 Å². The molecular formula is C25H21BrN2O4. The zero-order valence-corrected chi connectivity index (χ0v) is 18.7. The number of halogens is 1. The number of anilines is 1. The first kappa shape index (κ1) is 19.7. The van der Waals surface area contributed by atoms with Gasteiger partial charge in [-0.2, -0.15) is 0 Å². The van der Waals surface area contributed by atoms with Gasteiger partial charge in [-0.1, -0.05) is 28.1 Å². The summed E-state index contributed by atoms with van der Waals surface area (Å²) < 4.78 is 6.75. The third-order valence-corrected chi connectivity index (χ3v) is 7.77. The van der Waals surface area contributed by atoms with Crippen LogP contribution in [-0.4, -0.2) is 29.2 Å². The van der Waals surface area contributed by atoms with E-state index >= 15 is 0 Å². The van der Waals surface area contributed by atoms with Gasteiger partial charge in [0.25, 0.3) is 0 Å². The van der Waals surface area contributed by atoms with E-state index in [1.165, 1.54) is 4.90 Å². The van der Waals surface area contributed by atoms with Gasteiger partial charge in [-0.05, 0) is 78.6 Å². The zero-order valence-electron chi connectivity index (χ0n) is 17.1. The predicted molar refractivity (Wildman–Crippen MR) is 121 cm³/mol. The van der Waals surface area contributed by atoms with Crippen molar-refractivity contribution in [3.63, 3.8) is 0 Å². The molecule has 0 radical (unpaired) electrons. The van der Waals surface area contributed by atoms with Crippen molar-refractivity contribution in [3.8, 4) is 11.5 Å². The van der Waals surface area contributed by atoms with Crippen molar-refractivity contribution in [2.24, 2.45) is 35.5 Å². The van der Waals surface area contributed by atoms with Crippen LogP contribution in [0.25, 0.3) is 0 Å². The van der Waals surface area contributed by atoms with Crippen molar-refractivity contribution >= 4 is 39.3 Å². The van der Waals surface area contributed by atoms with E-state index < -0.39 is 0 Å². The van der Waals surface area contributed by atoms with Crippen molar-refractivity contribution in [3.05, 3.63) is 65.2 Å². The molecule has 0 spiro atoms. The summed E-state index contributed by atoms with van der Waals surface area (Å²) >= 11 is 3.39. The van der Waals surface area contributed by atoms with Gasteiger partial charge in [0, 0.05) is 10.2 Å². The van der Waals surface area contributed by atoms with Crippen LogP contribution in [0.1, 0.15) is 6.42 Å². The van der Waals surface area contributed by atoms with E-state index in [1.54, 1.807) is 24.3 Å². The lowest BCUT2D eigenvalue weighted by molar-refractivity contribution is -0.142. The normalized spacial score (nSPS) is 31.3. The average molecular weight is 493 g/mol. The molecule has 162 valence electrons. The number of benzene rings is 2. The Morgan fingerprint density at radius 3 is 2.00 bits per heavy atom. The Kier molecular flexibility index (Phi) is 4.50. The molecule has 1 N–H and O–H groups in total. The first-order valence-electron chi connectivity index (χ1n) is 10.9. The number of likely N-dealkylation sites (tertiary alicyclic amines) is 1. The summed E-state index contributed by atoms with van der Waals surface area (Å²) in [6, 6.07) is 14.5. The SMILES string of the molecule is O=C(CN1C(=O)[C@@H]2[C@@H]3C=C[C@@H]([C@H]4C[C@@H]34)[C@@H]2C1=O)Nc1ccc(Oc2ccc(Br)cc2)cc1. The molecule has 3 amide bonds. The minimum atomic E-state index is -0.377. The number of hydrogen-bond donors (Lipinski definition) is 1. The molecule has 0 unspecified atom stereocenters. The van der Waals surface area contributed by atoms with Crippen LogP contribution in [0, 0.1) is 35.5 Å². The van der Waals surface area contributed by atoms with E-state index in [0.29, 0.717) is 29.0 Å². The number of ether oxygens (including phenoxy) is 1. The minimum absolute atomic E-state index is 0.165. The lowest BCUT2D eigenvalue weighted by Crippen LogP contribution is -2.40. The summed E-state index contributed by atoms with van der Waals surface area (Å²) in [4.78, 5) is 39.8. The van der Waals surface area contributed by atoms with Crippen molar-refractivity contribution < 1.29 is 19.1 Å². The Bertz CT molecular complexity index is 1110. The number of carbonyl (C=O) groups excluding carboxylic acids is 3. The van der Waals surface area contributed by atoms with Crippen LogP contribution in [-0.2, 0) is 14.4 Å². The van der Waals surface area contributed by atoms with Crippen molar-refractivity contribution in [2.45, 2.75) is 6.42 Å². The summed E-state index contributed by atoms with van der Waals surface area (Å²) in [7, 11) is 0. The van der Waals surface area contributed by atoms with Crippen LogP contribution in [0.5, 0.6) is 11.5 Å². The molecule has 4 aliphatic carbocycles. The molecule has 6 atom stereocenters. The maximum Gasteiger partial charge on any atom is 0.244 e. The second-order valence-electron chi connectivity index (χ2n) is 9.05. The van der Waals surface area contributed by atoms with Crippen LogP contribution in [0.3, 0.4) is 0 Å². The van der Waals surface area contributed by atoms with Gasteiger partial charge in [0.15, 0.2) is 0 Å². The number of allylic oxidation sites excluding steroid dienone is 2. The van der Waals surface area contributed by atoms with Crippen LogP contribution in [0.15, 0.2) is 65.2 Å². The van der Waals surface area contributed by atoms with Gasteiger partial charge in [-0.15, -0.1) is 0 Å². The van der Waals surface area contributed by atoms with E-state index in [9.17, 15) is 14.4 Å². The highest BCUT2D eigenvalue weighted by Gasteiger charge is 2.67. The summed E-state index contributed by atoms with van der Waals surface area (Å²) in [5.41, 5.74) is 0.581. The Balaban J connectivity index is 1.09. The molecule has 5 aliphatic rings. The maximum absolute atomic E-state index is 13.0. The first-order valence-corrected chi connectivity index (χ1v) is 11.7. The van der Waals surface area contributed by atoms with E-state index in [2.05, 4.69) is 33.4 Å². The Labute approximate surface area is 193 Å². The quantitative estimate of drug-likeness (QED) is 0.500. The maximum atomic E-state index is 13.0. The third-order valence-electron chi connectivity index (χ3n) is 7.24. The second-order valence-corrected chi connectivity index (χ2v) is 9.96. The smallest absolute Gasteiger partial charge is 0.244 e. The number of nitrogens with zero attached hydrogens (tertiary/aromatic N) is 1. The van der Waals surface area contributed by atoms with E-state index in [4.69, 9.17) is 4.74 Å². The fourth-order valence-electron chi connectivity index (χ4n) is 5.76. The van der Waals surface area contributed by atoms with Crippen molar-refractivity contribution in [1.29, 1.82) is 0 Å². The highest BCUT2D eigenvalue weighted by Crippen LogP contribution is 2.65. The second kappa shape index (κ2) is 7.30. The van der Waals surface area contributed by atoms with Crippen LogP contribution in [0.4, 0.5) is 5.69 Å². The summed E-state index contributed by atoms with van der Waals surface area (Å²) in [6.45, 7) is -0.239. The van der Waals surface area contributed by atoms with Crippen LogP contribution < -0.4 is 10.1 Å². The molecule has 1 aliphatic heterocycles. The molecule has 2 saturated carbocycles. The molecule has 2 bridgehead atoms. The molecule has 7 rings (SSSR count). The highest BCUT2D eigenvalue weighted by atomic mass is 79.9. The number of carbonyl (C=O) groups is 3. The van der Waals surface area contributed by atoms with Gasteiger partial charge in [-0.25, -0.2) is 0 Å². The minimum Gasteiger partial charge on any atom is -0.457 e. The van der Waals surface area contributed by atoms with Gasteiger partial charge < -0.3 is 10.1 Å². The van der Waals surface area contributed by atoms with Crippen LogP contribution >= 0.6 is 15.9 Å². The van der Waals surface area contributed by atoms with Gasteiger partial charge in [0.1, 0.15) is 18.0 Å². The molecule has 2 aromatic carbocycles. The molecule has 1 saturated heterocycles. The van der Waals surface area contributed by atoms with E-state index in [0.717, 1.165) is 10.9 Å². The van der Waals surface area contributed by atoms with Gasteiger partial charge in [0.05, 0.1) is 11.8 Å². The van der Waals surface area contributed by atoms with E-state index in [1.807, 2.05) is 24.3 Å². The fraction of sp³-hybridized carbons (Fsp3) is 0.320. The number of hydrogen-bond acceptors (Lipinski definition) is 4. The zero-order chi connectivity index (χ0) is 22.0. The molecule has 3 fully saturated rings. The lowest BCUT2D eigenvalue weighted by atomic mass is 9.63. The van der Waals surface area contributed by atoms with Crippen molar-refractivity contribution in [1.82, 2.24) is 4.90 Å². The fourth-order valence-corrected chi connectivity index (χ4v) is 6.03. The Morgan fingerprint density at radius 2 is 1.44 bits per heavy atom. The van der Waals surface area contributed by atoms with Crippen LogP contribution in [0.2, 0.25) is 0 Å². The number of nitrogens with one attached hydrogen (secondary N) is 1. The molecule has 2 aromatic rings. The average Bonchev–Trinajstić information content (AvgIpc) is 3.58. The molecular weight excluding hydrogens is 472 g/mol. The Hall–Kier alpha value is -2.93. The van der Waals surface area contributed by atoms with Crippen molar-refractivity contribution in [2.75, 3.05) is 11.9 Å². The standard InChI is InChI=1S/C25H21BrN2O4/c26-13-1-5-15(6-2-13)32-16-7-3-14(4-8-16)27-21(29)12-28-24(30)22-17-9-10-18(20-11-19(17)20)23(22)25(28)31/h1-10,17-20,22-23H,11-12H2,(H,27,29)/t17-,18+,19+,20-,22-,23+. The number of rotatable bonds is 5. The van der Waals surface area contributed by atoms with Gasteiger partial charge >= 0.3 is 0 Å². The molecule has 6 nitrogen and oxygen atoms in total. The molecule has 0 aromatic heterocycles. The molecule has 7 heteroatoms. The third kappa shape index (κ3) is 3.18. The summed E-state index contributed by atoms with van der Waals surface area (Å²) in [5.74, 6) is 1.49. The summed E-state index contributed by atoms with van der Waals surface area (Å²) in [6.07, 6.45) is 5.39. The van der Waals surface area contributed by atoms with Gasteiger partial charge in [0.2, 0.25) is 17.7 Å². The monoisotopic (exact) mass is 492 g/mol.